The third-order valence-electron chi connectivity index (χ3n) is 2.17. The van der Waals surface area contributed by atoms with E-state index in [4.69, 9.17) is 4.74 Å². The maximum Gasteiger partial charge on any atom is 0.130 e. The predicted molar refractivity (Wildman–Crippen MR) is 78.0 cm³/mol. The Balaban J connectivity index is 0.00000144. The van der Waals surface area contributed by atoms with E-state index in [2.05, 4.69) is 27.0 Å². The SMILES string of the molecule is Br.BrCc1cccc(OCc2ccccn2)c1. The summed E-state index contributed by atoms with van der Waals surface area (Å²) in [7, 11) is 0. The summed E-state index contributed by atoms with van der Waals surface area (Å²) in [6.45, 7) is 0.507. The van der Waals surface area contributed by atoms with Gasteiger partial charge in [-0.15, -0.1) is 17.0 Å². The topological polar surface area (TPSA) is 22.1 Å². The summed E-state index contributed by atoms with van der Waals surface area (Å²) in [5.74, 6) is 0.877. The van der Waals surface area contributed by atoms with Crippen molar-refractivity contribution in [1.29, 1.82) is 0 Å². The first-order valence-corrected chi connectivity index (χ1v) is 6.18. The second kappa shape index (κ2) is 7.45. The van der Waals surface area contributed by atoms with Gasteiger partial charge in [0.2, 0.25) is 0 Å². The maximum absolute atomic E-state index is 5.65. The average molecular weight is 359 g/mol. The molecule has 90 valence electrons. The summed E-state index contributed by atoms with van der Waals surface area (Å²) >= 11 is 3.42. The molecule has 0 amide bonds. The van der Waals surface area contributed by atoms with Gasteiger partial charge in [-0.25, -0.2) is 0 Å². The van der Waals surface area contributed by atoms with Crippen molar-refractivity contribution in [2.24, 2.45) is 0 Å². The van der Waals surface area contributed by atoms with Crippen LogP contribution in [0.2, 0.25) is 0 Å². The minimum Gasteiger partial charge on any atom is -0.487 e. The van der Waals surface area contributed by atoms with E-state index in [0.29, 0.717) is 6.61 Å². The zero-order chi connectivity index (χ0) is 11.2. The fourth-order valence-corrected chi connectivity index (χ4v) is 1.71. The van der Waals surface area contributed by atoms with Crippen molar-refractivity contribution in [2.45, 2.75) is 11.9 Å². The highest BCUT2D eigenvalue weighted by molar-refractivity contribution is 9.08. The monoisotopic (exact) mass is 357 g/mol. The van der Waals surface area contributed by atoms with Crippen molar-refractivity contribution in [2.75, 3.05) is 0 Å². The molecule has 0 aliphatic rings. The lowest BCUT2D eigenvalue weighted by molar-refractivity contribution is 0.301. The highest BCUT2D eigenvalue weighted by atomic mass is 79.9. The fourth-order valence-electron chi connectivity index (χ4n) is 1.36. The number of nitrogens with zero attached hydrogens (tertiary/aromatic N) is 1. The van der Waals surface area contributed by atoms with Crippen LogP contribution in [0.1, 0.15) is 11.3 Å². The van der Waals surface area contributed by atoms with Crippen molar-refractivity contribution < 1.29 is 4.74 Å². The molecule has 0 atom stereocenters. The van der Waals surface area contributed by atoms with Gasteiger partial charge in [0.25, 0.3) is 0 Å². The molecule has 0 fully saturated rings. The number of pyridine rings is 1. The maximum atomic E-state index is 5.65. The van der Waals surface area contributed by atoms with E-state index < -0.39 is 0 Å². The van der Waals surface area contributed by atoms with Crippen LogP contribution in [0.4, 0.5) is 0 Å². The van der Waals surface area contributed by atoms with Gasteiger partial charge >= 0.3 is 0 Å². The Kier molecular flexibility index (Phi) is 6.22. The summed E-state index contributed by atoms with van der Waals surface area (Å²) in [4.78, 5) is 4.20. The van der Waals surface area contributed by atoms with Crippen molar-refractivity contribution in [3.8, 4) is 5.75 Å². The molecule has 1 aromatic carbocycles. The van der Waals surface area contributed by atoms with Crippen LogP contribution in [-0.4, -0.2) is 4.98 Å². The molecule has 0 bridgehead atoms. The van der Waals surface area contributed by atoms with Gasteiger partial charge in [0, 0.05) is 11.5 Å². The number of alkyl halides is 1. The molecule has 0 spiro atoms. The van der Waals surface area contributed by atoms with Gasteiger partial charge in [-0.2, -0.15) is 0 Å². The minimum atomic E-state index is 0. The summed E-state index contributed by atoms with van der Waals surface area (Å²) in [5, 5.41) is 0.841. The van der Waals surface area contributed by atoms with Crippen LogP contribution in [0.3, 0.4) is 0 Å². The molecule has 0 N–H and O–H groups in total. The molecule has 17 heavy (non-hydrogen) atoms. The van der Waals surface area contributed by atoms with Crippen LogP contribution in [0.25, 0.3) is 0 Å². The van der Waals surface area contributed by atoms with Crippen molar-refractivity contribution in [1.82, 2.24) is 4.98 Å². The average Bonchev–Trinajstić information content (AvgIpc) is 2.38. The van der Waals surface area contributed by atoms with Gasteiger partial charge in [-0.3, -0.25) is 4.98 Å². The van der Waals surface area contributed by atoms with E-state index in [1.165, 1.54) is 5.56 Å². The summed E-state index contributed by atoms with van der Waals surface area (Å²) < 4.78 is 5.65. The smallest absolute Gasteiger partial charge is 0.130 e. The number of aromatic nitrogens is 1. The Morgan fingerprint density at radius 3 is 2.71 bits per heavy atom. The van der Waals surface area contributed by atoms with Crippen LogP contribution in [0.15, 0.2) is 48.7 Å². The molecule has 2 aromatic rings. The molecule has 2 nitrogen and oxygen atoms in total. The molecule has 0 aliphatic carbocycles. The quantitative estimate of drug-likeness (QED) is 0.766. The lowest BCUT2D eigenvalue weighted by atomic mass is 10.2. The third-order valence-corrected chi connectivity index (χ3v) is 2.81. The first kappa shape index (κ1) is 14.2. The van der Waals surface area contributed by atoms with E-state index in [1.807, 2.05) is 36.4 Å². The lowest BCUT2D eigenvalue weighted by Gasteiger charge is -2.06. The normalized spacial score (nSPS) is 9.47. The summed E-state index contributed by atoms with van der Waals surface area (Å²) in [6.07, 6.45) is 1.77. The highest BCUT2D eigenvalue weighted by Crippen LogP contribution is 2.16. The van der Waals surface area contributed by atoms with E-state index in [-0.39, 0.29) is 17.0 Å². The molecule has 1 aromatic heterocycles. The predicted octanol–water partition coefficient (Wildman–Crippen LogP) is 4.13. The van der Waals surface area contributed by atoms with E-state index >= 15 is 0 Å². The summed E-state index contributed by atoms with van der Waals surface area (Å²) in [6, 6.07) is 13.8. The van der Waals surface area contributed by atoms with Crippen LogP contribution < -0.4 is 4.74 Å². The van der Waals surface area contributed by atoms with Gasteiger partial charge in [-0.05, 0) is 29.8 Å². The number of hydrogen-bond acceptors (Lipinski definition) is 2. The third kappa shape index (κ3) is 4.48. The Bertz CT molecular complexity index is 448. The van der Waals surface area contributed by atoms with E-state index in [9.17, 15) is 0 Å². The van der Waals surface area contributed by atoms with Crippen LogP contribution in [0.5, 0.6) is 5.75 Å². The zero-order valence-corrected chi connectivity index (χ0v) is 12.5. The molecular formula is C13H13Br2NO. The second-order valence-corrected chi connectivity index (χ2v) is 3.95. The molecule has 4 heteroatoms. The number of rotatable bonds is 4. The van der Waals surface area contributed by atoms with Crippen LogP contribution in [0, 0.1) is 0 Å². The number of halogens is 2. The minimum absolute atomic E-state index is 0. The van der Waals surface area contributed by atoms with Gasteiger partial charge in [0.1, 0.15) is 12.4 Å². The van der Waals surface area contributed by atoms with Gasteiger partial charge < -0.3 is 4.74 Å². The molecule has 0 saturated heterocycles. The Morgan fingerprint density at radius 2 is 2.00 bits per heavy atom. The van der Waals surface area contributed by atoms with Gasteiger partial charge in [0.05, 0.1) is 5.69 Å². The molecule has 0 saturated carbocycles. The largest absolute Gasteiger partial charge is 0.487 e. The first-order valence-electron chi connectivity index (χ1n) is 5.06. The fraction of sp³-hybridized carbons (Fsp3) is 0.154. The Hall–Kier alpha value is -0.870. The van der Waals surface area contributed by atoms with E-state index in [0.717, 1.165) is 16.8 Å². The van der Waals surface area contributed by atoms with Gasteiger partial charge in [-0.1, -0.05) is 34.1 Å². The van der Waals surface area contributed by atoms with Crippen molar-refractivity contribution in [3.05, 3.63) is 59.9 Å². The Morgan fingerprint density at radius 1 is 1.12 bits per heavy atom. The second-order valence-electron chi connectivity index (χ2n) is 3.39. The molecule has 0 radical (unpaired) electrons. The number of benzene rings is 1. The molecule has 0 aliphatic heterocycles. The zero-order valence-electron chi connectivity index (χ0n) is 9.17. The van der Waals surface area contributed by atoms with Crippen LogP contribution >= 0.6 is 32.9 Å². The Labute approximate surface area is 120 Å². The number of ether oxygens (including phenoxy) is 1. The highest BCUT2D eigenvalue weighted by Gasteiger charge is 1.97. The number of hydrogen-bond donors (Lipinski definition) is 0. The van der Waals surface area contributed by atoms with Crippen molar-refractivity contribution in [3.63, 3.8) is 0 Å². The van der Waals surface area contributed by atoms with Gasteiger partial charge in [0.15, 0.2) is 0 Å². The van der Waals surface area contributed by atoms with E-state index in [1.54, 1.807) is 6.20 Å². The van der Waals surface area contributed by atoms with Crippen LogP contribution in [-0.2, 0) is 11.9 Å². The first-order chi connectivity index (χ1) is 7.88. The van der Waals surface area contributed by atoms with Crippen molar-refractivity contribution >= 4 is 32.9 Å². The standard InChI is InChI=1S/C13H12BrNO.BrH/c14-9-11-4-3-6-13(8-11)16-10-12-5-1-2-7-15-12;/h1-8H,9-10H2;1H. The molecule has 2 rings (SSSR count). The molecular weight excluding hydrogens is 346 g/mol. The molecule has 1 heterocycles. The molecule has 0 unspecified atom stereocenters. The lowest BCUT2D eigenvalue weighted by Crippen LogP contribution is -1.97. The summed E-state index contributed by atoms with van der Waals surface area (Å²) in [5.41, 5.74) is 2.14.